The minimum absolute atomic E-state index is 0.157. The monoisotopic (exact) mass is 951 g/mol. The highest BCUT2D eigenvalue weighted by molar-refractivity contribution is 5.88. The number of fused-ring (bicyclic) bond motifs is 3. The number of hydrogen-bond acceptors (Lipinski definition) is 2. The quantitative estimate of drug-likeness (QED) is 0.142. The zero-order valence-electron chi connectivity index (χ0n) is 43.1. The fourth-order valence-electron chi connectivity index (χ4n) is 15.8. The average molecular weight is 951 g/mol. The molecule has 73 heavy (non-hydrogen) atoms. The second kappa shape index (κ2) is 18.1. The Morgan fingerprint density at radius 2 is 0.918 bits per heavy atom. The molecule has 0 aromatic heterocycles. The lowest BCUT2D eigenvalue weighted by molar-refractivity contribution is -0.00518. The summed E-state index contributed by atoms with van der Waals surface area (Å²) >= 11 is 0. The standard InChI is InChI=1S/C71H70N2/c1-70(2)66-43-58(54-14-8-4-9-15-54)28-36-64(66)65-37-35-63(44-67(65)70)73(62-33-29-59(30-34-62)71-45-50-38-51(46-71)40-52(39-50)47-71)69-42-49-19-23-56-22-18-48(20-24-57(69)25-21-49)41-68(56)72(60-16-10-5-11-17-60)61-31-26-55(27-32-61)53-12-6-3-7-13-53/h4-5,8-11,14-18,21-22,25-37,41-44,50-53H,3,6-7,12-13,19-20,23-24,38-40,45-47H2,1-2H3. The highest BCUT2D eigenvalue weighted by Gasteiger charge is 2.51. The molecule has 18 rings (SSSR count). The molecule has 0 saturated heterocycles. The molecule has 8 bridgehead atoms. The molecular formula is C71H70N2. The predicted octanol–water partition coefficient (Wildman–Crippen LogP) is 19.0. The fourth-order valence-corrected chi connectivity index (χ4v) is 15.8. The normalized spacial score (nSPS) is 22.4. The molecule has 10 aliphatic rings. The van der Waals surface area contributed by atoms with Crippen LogP contribution in [0.2, 0.25) is 0 Å². The van der Waals surface area contributed by atoms with Crippen molar-refractivity contribution in [3.05, 3.63) is 226 Å². The van der Waals surface area contributed by atoms with Crippen molar-refractivity contribution in [3.8, 4) is 22.3 Å². The van der Waals surface area contributed by atoms with Gasteiger partial charge in [0.1, 0.15) is 0 Å². The van der Waals surface area contributed by atoms with Crippen molar-refractivity contribution in [1.82, 2.24) is 0 Å². The van der Waals surface area contributed by atoms with Crippen LogP contribution in [0.25, 0.3) is 22.3 Å². The third kappa shape index (κ3) is 8.07. The second-order valence-corrected chi connectivity index (χ2v) is 24.1. The molecule has 2 nitrogen and oxygen atoms in total. The summed E-state index contributed by atoms with van der Waals surface area (Å²) in [5.74, 6) is 3.46. The Kier molecular flexibility index (Phi) is 11.1. The molecule has 0 spiro atoms. The van der Waals surface area contributed by atoms with Gasteiger partial charge in [-0.2, -0.15) is 0 Å². The Bertz CT molecular complexity index is 3280. The number of aryl methyl sites for hydroxylation is 4. The Morgan fingerprint density at radius 3 is 1.52 bits per heavy atom. The van der Waals surface area contributed by atoms with Gasteiger partial charge in [0.25, 0.3) is 0 Å². The smallest absolute Gasteiger partial charge is 0.0496 e. The van der Waals surface area contributed by atoms with Crippen LogP contribution in [-0.2, 0) is 36.5 Å². The van der Waals surface area contributed by atoms with Crippen molar-refractivity contribution < 1.29 is 0 Å². The van der Waals surface area contributed by atoms with Gasteiger partial charge in [0.15, 0.2) is 0 Å². The van der Waals surface area contributed by atoms with Gasteiger partial charge in [0.05, 0.1) is 0 Å². The van der Waals surface area contributed by atoms with Gasteiger partial charge in [-0.15, -0.1) is 0 Å². The van der Waals surface area contributed by atoms with E-state index in [1.165, 1.54) is 166 Å². The first kappa shape index (κ1) is 45.0. The van der Waals surface area contributed by atoms with Gasteiger partial charge in [0, 0.05) is 39.5 Å². The number of nitrogens with zero attached hydrogens (tertiary/aromatic N) is 2. The molecule has 0 amide bonds. The summed E-state index contributed by atoms with van der Waals surface area (Å²) in [5.41, 5.74) is 24.5. The Hall–Kier alpha value is -6.64. The topological polar surface area (TPSA) is 6.48 Å². The van der Waals surface area contributed by atoms with Gasteiger partial charge in [-0.25, -0.2) is 0 Å². The summed E-state index contributed by atoms with van der Waals surface area (Å²) in [4.78, 5) is 5.18. The van der Waals surface area contributed by atoms with Crippen LogP contribution in [0, 0.1) is 17.8 Å². The largest absolute Gasteiger partial charge is 0.310 e. The van der Waals surface area contributed by atoms with Crippen molar-refractivity contribution in [1.29, 1.82) is 0 Å². The highest BCUT2D eigenvalue weighted by atomic mass is 15.2. The molecule has 5 fully saturated rings. The van der Waals surface area contributed by atoms with Crippen molar-refractivity contribution in [2.45, 2.75) is 127 Å². The number of anilines is 6. The maximum Gasteiger partial charge on any atom is 0.0496 e. The molecule has 0 N–H and O–H groups in total. The Labute approximate surface area is 435 Å². The third-order valence-corrected chi connectivity index (χ3v) is 19.2. The number of benzene rings is 8. The second-order valence-electron chi connectivity index (χ2n) is 24.1. The average Bonchev–Trinajstić information content (AvgIpc) is 3.66. The summed E-state index contributed by atoms with van der Waals surface area (Å²) in [6.07, 6.45) is 19.1. The van der Waals surface area contributed by atoms with Crippen LogP contribution in [0.5, 0.6) is 0 Å². The molecule has 5 saturated carbocycles. The lowest BCUT2D eigenvalue weighted by Crippen LogP contribution is -2.48. The lowest BCUT2D eigenvalue weighted by atomic mass is 9.48. The van der Waals surface area contributed by atoms with Crippen LogP contribution < -0.4 is 9.80 Å². The van der Waals surface area contributed by atoms with E-state index in [0.717, 1.165) is 43.4 Å². The van der Waals surface area contributed by atoms with E-state index in [1.54, 1.807) is 5.56 Å². The summed E-state index contributed by atoms with van der Waals surface area (Å²) in [5, 5.41) is 0. The molecule has 0 unspecified atom stereocenters. The Morgan fingerprint density at radius 1 is 0.411 bits per heavy atom. The van der Waals surface area contributed by atoms with Crippen LogP contribution in [0.1, 0.15) is 135 Å². The predicted molar refractivity (Wildman–Crippen MR) is 306 cm³/mol. The van der Waals surface area contributed by atoms with Crippen molar-refractivity contribution in [2.75, 3.05) is 9.80 Å². The van der Waals surface area contributed by atoms with Crippen molar-refractivity contribution in [3.63, 3.8) is 0 Å². The number of para-hydroxylation sites is 1. The van der Waals surface area contributed by atoms with Gasteiger partial charge in [0.2, 0.25) is 0 Å². The molecular weight excluding hydrogens is 881 g/mol. The summed E-state index contributed by atoms with van der Waals surface area (Å²) in [6.45, 7) is 4.88. The maximum absolute atomic E-state index is 2.64. The van der Waals surface area contributed by atoms with E-state index in [0.29, 0.717) is 11.3 Å². The SMILES string of the molecule is CC1(C)c2cc(-c3ccccc3)ccc2-c2ccc(N(c3ccc(C45CC6CC(CC(C6)C4)C5)cc3)c3cc4ccc3CCc3ccc(c(N(c5ccccc5)c5ccc(C6CCCCC6)cc5)c3)CC4)cc21. The molecule has 0 atom stereocenters. The minimum atomic E-state index is -0.157. The molecule has 2 heteroatoms. The van der Waals surface area contributed by atoms with Crippen LogP contribution in [0.3, 0.4) is 0 Å². The third-order valence-electron chi connectivity index (χ3n) is 19.2. The zero-order valence-corrected chi connectivity index (χ0v) is 43.1. The van der Waals surface area contributed by atoms with E-state index < -0.39 is 0 Å². The molecule has 364 valence electrons. The van der Waals surface area contributed by atoms with Gasteiger partial charge in [-0.05, 0) is 240 Å². The van der Waals surface area contributed by atoms with Crippen LogP contribution >= 0.6 is 0 Å². The lowest BCUT2D eigenvalue weighted by Gasteiger charge is -2.57. The van der Waals surface area contributed by atoms with Gasteiger partial charge in [-0.3, -0.25) is 0 Å². The van der Waals surface area contributed by atoms with E-state index in [2.05, 4.69) is 206 Å². The fraction of sp³-hybridized carbons (Fsp3) is 0.324. The van der Waals surface area contributed by atoms with E-state index in [4.69, 9.17) is 0 Å². The van der Waals surface area contributed by atoms with E-state index >= 15 is 0 Å². The number of hydrogen-bond donors (Lipinski definition) is 0. The van der Waals surface area contributed by atoms with Gasteiger partial charge >= 0.3 is 0 Å². The minimum Gasteiger partial charge on any atom is -0.310 e. The molecule has 0 aliphatic heterocycles. The first-order valence-corrected chi connectivity index (χ1v) is 28.3. The van der Waals surface area contributed by atoms with Crippen LogP contribution in [-0.4, -0.2) is 0 Å². The van der Waals surface area contributed by atoms with E-state index in [9.17, 15) is 0 Å². The Balaban J connectivity index is 0.844. The molecule has 0 heterocycles. The van der Waals surface area contributed by atoms with Crippen LogP contribution in [0.4, 0.5) is 34.1 Å². The summed E-state index contributed by atoms with van der Waals surface area (Å²) in [7, 11) is 0. The number of rotatable bonds is 9. The highest BCUT2D eigenvalue weighted by Crippen LogP contribution is 2.61. The molecule has 0 radical (unpaired) electrons. The zero-order chi connectivity index (χ0) is 48.7. The maximum atomic E-state index is 2.64. The first-order chi connectivity index (χ1) is 35.8. The molecule has 8 aromatic rings. The molecule has 8 aromatic carbocycles. The molecule has 10 aliphatic carbocycles. The van der Waals surface area contributed by atoms with Crippen LogP contribution in [0.15, 0.2) is 182 Å². The van der Waals surface area contributed by atoms with Gasteiger partial charge < -0.3 is 9.80 Å². The first-order valence-electron chi connectivity index (χ1n) is 28.3. The van der Waals surface area contributed by atoms with E-state index in [1.807, 2.05) is 0 Å². The summed E-state index contributed by atoms with van der Waals surface area (Å²) in [6, 6.07) is 71.1. The van der Waals surface area contributed by atoms with Crippen molar-refractivity contribution in [2.24, 2.45) is 17.8 Å². The summed E-state index contributed by atoms with van der Waals surface area (Å²) < 4.78 is 0. The van der Waals surface area contributed by atoms with Crippen molar-refractivity contribution >= 4 is 34.1 Å². The van der Waals surface area contributed by atoms with E-state index in [-0.39, 0.29) is 5.41 Å². The van der Waals surface area contributed by atoms with Gasteiger partial charge in [-0.1, -0.05) is 148 Å².